The summed E-state index contributed by atoms with van der Waals surface area (Å²) in [5.41, 5.74) is 2.37. The van der Waals surface area contributed by atoms with E-state index in [9.17, 15) is 0 Å². The normalized spacial score (nSPS) is 10.8. The van der Waals surface area contributed by atoms with Gasteiger partial charge >= 0.3 is 0 Å². The van der Waals surface area contributed by atoms with Crippen molar-refractivity contribution in [2.45, 2.75) is 26.7 Å². The second kappa shape index (κ2) is 14.3. The van der Waals surface area contributed by atoms with Gasteiger partial charge in [-0.3, -0.25) is 9.98 Å². The van der Waals surface area contributed by atoms with Crippen LogP contribution in [-0.4, -0.2) is 43.7 Å². The van der Waals surface area contributed by atoms with Gasteiger partial charge in [0, 0.05) is 56.7 Å². The molecule has 5 nitrogen and oxygen atoms in total. The Morgan fingerprint density at radius 3 is 2.48 bits per heavy atom. The third kappa shape index (κ3) is 9.08. The molecule has 6 heteroatoms. The summed E-state index contributed by atoms with van der Waals surface area (Å²) in [6.45, 7) is 8.80. The third-order valence-electron chi connectivity index (χ3n) is 4.10. The molecule has 0 fully saturated rings. The SMILES string of the molecule is CCNC(=NCCCN(CC)c1ccccc1)NCCc1ccccn1.I. The molecule has 2 N–H and O–H groups in total. The molecule has 0 aliphatic rings. The Balaban J connectivity index is 0.00000364. The van der Waals surface area contributed by atoms with Gasteiger partial charge in [0.2, 0.25) is 0 Å². The summed E-state index contributed by atoms with van der Waals surface area (Å²) < 4.78 is 0. The van der Waals surface area contributed by atoms with Crippen molar-refractivity contribution in [1.82, 2.24) is 15.6 Å². The summed E-state index contributed by atoms with van der Waals surface area (Å²) in [6, 6.07) is 16.6. The van der Waals surface area contributed by atoms with Crippen LogP contribution in [-0.2, 0) is 6.42 Å². The van der Waals surface area contributed by atoms with Crippen LogP contribution in [0.3, 0.4) is 0 Å². The fourth-order valence-corrected chi connectivity index (χ4v) is 2.76. The second-order valence-corrected chi connectivity index (χ2v) is 6.03. The summed E-state index contributed by atoms with van der Waals surface area (Å²) in [4.78, 5) is 11.4. The Bertz CT molecular complexity index is 634. The highest BCUT2D eigenvalue weighted by atomic mass is 127. The van der Waals surface area contributed by atoms with Crippen LogP contribution in [0.4, 0.5) is 5.69 Å². The Labute approximate surface area is 180 Å². The van der Waals surface area contributed by atoms with Crippen molar-refractivity contribution >= 4 is 35.6 Å². The first kappa shape index (κ1) is 23.2. The molecule has 0 aliphatic heterocycles. The lowest BCUT2D eigenvalue weighted by molar-refractivity contribution is 0.739. The number of benzene rings is 1. The quantitative estimate of drug-likeness (QED) is 0.235. The zero-order chi connectivity index (χ0) is 18.5. The Hall–Kier alpha value is -1.83. The predicted molar refractivity (Wildman–Crippen MR) is 126 cm³/mol. The molecule has 27 heavy (non-hydrogen) atoms. The average Bonchev–Trinajstić information content (AvgIpc) is 2.69. The second-order valence-electron chi connectivity index (χ2n) is 6.03. The summed E-state index contributed by atoms with van der Waals surface area (Å²) in [5, 5.41) is 6.70. The number of pyridine rings is 1. The summed E-state index contributed by atoms with van der Waals surface area (Å²) in [6.07, 6.45) is 3.75. The Morgan fingerprint density at radius 1 is 1.04 bits per heavy atom. The van der Waals surface area contributed by atoms with Crippen LogP contribution in [0.15, 0.2) is 59.7 Å². The largest absolute Gasteiger partial charge is 0.372 e. The van der Waals surface area contributed by atoms with E-state index < -0.39 is 0 Å². The number of anilines is 1. The number of guanidine groups is 1. The first-order valence-corrected chi connectivity index (χ1v) is 9.55. The van der Waals surface area contributed by atoms with Crippen LogP contribution in [0.5, 0.6) is 0 Å². The summed E-state index contributed by atoms with van der Waals surface area (Å²) in [5.74, 6) is 0.881. The number of nitrogens with zero attached hydrogens (tertiary/aromatic N) is 3. The molecule has 1 heterocycles. The standard InChI is InChI=1S/C21H31N5.HI/c1-3-22-21(25-17-14-19-11-8-9-15-23-19)24-16-10-18-26(4-2)20-12-6-5-7-13-20;/h5-9,11-13,15H,3-4,10,14,16-18H2,1-2H3,(H2,22,24,25);1H. The number of hydrogen-bond acceptors (Lipinski definition) is 3. The number of halogens is 1. The number of para-hydroxylation sites is 1. The summed E-state index contributed by atoms with van der Waals surface area (Å²) >= 11 is 0. The van der Waals surface area contributed by atoms with Gasteiger partial charge in [0.25, 0.3) is 0 Å². The number of rotatable bonds is 10. The van der Waals surface area contributed by atoms with Crippen LogP contribution >= 0.6 is 24.0 Å². The molecule has 0 amide bonds. The molecular formula is C21H32IN5. The van der Waals surface area contributed by atoms with E-state index in [0.29, 0.717) is 0 Å². The maximum absolute atomic E-state index is 4.69. The molecule has 0 aliphatic carbocycles. The Kier molecular flexibility index (Phi) is 12.3. The van der Waals surface area contributed by atoms with Crippen LogP contribution < -0.4 is 15.5 Å². The molecule has 0 bridgehead atoms. The van der Waals surface area contributed by atoms with Gasteiger partial charge in [-0.2, -0.15) is 0 Å². The van der Waals surface area contributed by atoms with Crippen molar-refractivity contribution in [1.29, 1.82) is 0 Å². The number of hydrogen-bond donors (Lipinski definition) is 2. The fraction of sp³-hybridized carbons (Fsp3) is 0.429. The van der Waals surface area contributed by atoms with Crippen LogP contribution in [0.25, 0.3) is 0 Å². The molecule has 0 unspecified atom stereocenters. The molecule has 2 rings (SSSR count). The van der Waals surface area contributed by atoms with E-state index in [1.807, 2.05) is 18.3 Å². The van der Waals surface area contributed by atoms with Crippen molar-refractivity contribution in [3.63, 3.8) is 0 Å². The predicted octanol–water partition coefficient (Wildman–Crippen LogP) is 3.71. The highest BCUT2D eigenvalue weighted by Gasteiger charge is 2.03. The van der Waals surface area contributed by atoms with E-state index in [1.165, 1.54) is 5.69 Å². The molecule has 0 atom stereocenters. The molecular weight excluding hydrogens is 449 g/mol. The minimum atomic E-state index is 0. The highest BCUT2D eigenvalue weighted by Crippen LogP contribution is 2.12. The number of nitrogens with one attached hydrogen (secondary N) is 2. The van der Waals surface area contributed by atoms with Crippen molar-refractivity contribution in [2.24, 2.45) is 4.99 Å². The minimum absolute atomic E-state index is 0. The molecule has 1 aromatic carbocycles. The molecule has 0 radical (unpaired) electrons. The van der Waals surface area contributed by atoms with Crippen molar-refractivity contribution in [2.75, 3.05) is 37.6 Å². The van der Waals surface area contributed by atoms with Crippen molar-refractivity contribution in [3.8, 4) is 0 Å². The van der Waals surface area contributed by atoms with E-state index >= 15 is 0 Å². The molecule has 2 aromatic rings. The zero-order valence-corrected chi connectivity index (χ0v) is 18.7. The fourth-order valence-electron chi connectivity index (χ4n) is 2.76. The number of aromatic nitrogens is 1. The summed E-state index contributed by atoms with van der Waals surface area (Å²) in [7, 11) is 0. The lowest BCUT2D eigenvalue weighted by atomic mass is 10.2. The van der Waals surface area contributed by atoms with Gasteiger partial charge in [0.05, 0.1) is 0 Å². The van der Waals surface area contributed by atoms with E-state index in [0.717, 1.165) is 57.2 Å². The van der Waals surface area contributed by atoms with E-state index in [4.69, 9.17) is 4.99 Å². The van der Waals surface area contributed by atoms with Crippen molar-refractivity contribution < 1.29 is 0 Å². The van der Waals surface area contributed by atoms with Gasteiger partial charge in [-0.1, -0.05) is 24.3 Å². The van der Waals surface area contributed by atoms with Gasteiger partial charge in [-0.15, -0.1) is 24.0 Å². The first-order valence-electron chi connectivity index (χ1n) is 9.55. The van der Waals surface area contributed by atoms with Crippen LogP contribution in [0.2, 0.25) is 0 Å². The third-order valence-corrected chi connectivity index (χ3v) is 4.10. The lowest BCUT2D eigenvalue weighted by Gasteiger charge is -2.22. The average molecular weight is 481 g/mol. The van der Waals surface area contributed by atoms with Gasteiger partial charge in [-0.05, 0) is 44.5 Å². The van der Waals surface area contributed by atoms with E-state index in [2.05, 4.69) is 70.8 Å². The molecule has 148 valence electrons. The van der Waals surface area contributed by atoms with Gasteiger partial charge in [0.1, 0.15) is 0 Å². The first-order chi connectivity index (χ1) is 12.8. The van der Waals surface area contributed by atoms with Crippen molar-refractivity contribution in [3.05, 3.63) is 60.4 Å². The molecule has 1 aromatic heterocycles. The lowest BCUT2D eigenvalue weighted by Crippen LogP contribution is -2.38. The van der Waals surface area contributed by atoms with E-state index in [-0.39, 0.29) is 24.0 Å². The number of aliphatic imine (C=N–C) groups is 1. The van der Waals surface area contributed by atoms with Crippen LogP contribution in [0.1, 0.15) is 26.0 Å². The van der Waals surface area contributed by atoms with Gasteiger partial charge in [-0.25, -0.2) is 0 Å². The van der Waals surface area contributed by atoms with Gasteiger partial charge < -0.3 is 15.5 Å². The van der Waals surface area contributed by atoms with Crippen LogP contribution in [0, 0.1) is 0 Å². The van der Waals surface area contributed by atoms with Gasteiger partial charge in [0.15, 0.2) is 5.96 Å². The Morgan fingerprint density at radius 2 is 1.81 bits per heavy atom. The zero-order valence-electron chi connectivity index (χ0n) is 16.4. The smallest absolute Gasteiger partial charge is 0.191 e. The molecule has 0 saturated heterocycles. The van der Waals surface area contributed by atoms with E-state index in [1.54, 1.807) is 0 Å². The maximum atomic E-state index is 4.69. The topological polar surface area (TPSA) is 52.6 Å². The highest BCUT2D eigenvalue weighted by molar-refractivity contribution is 14.0. The maximum Gasteiger partial charge on any atom is 0.191 e. The molecule has 0 spiro atoms. The minimum Gasteiger partial charge on any atom is -0.372 e. The molecule has 0 saturated carbocycles. The monoisotopic (exact) mass is 481 g/mol.